The molecule has 5 heteroatoms. The molecule has 0 fully saturated rings. The average molecular weight is 627 g/mol. The van der Waals surface area contributed by atoms with Crippen LogP contribution in [0.1, 0.15) is 17.2 Å². The van der Waals surface area contributed by atoms with E-state index in [1.165, 1.54) is 54.4 Å². The highest BCUT2D eigenvalue weighted by Gasteiger charge is 2.29. The molecule has 0 saturated carbocycles. The highest BCUT2D eigenvalue weighted by Crippen LogP contribution is 2.48. The molecule has 0 saturated heterocycles. The van der Waals surface area contributed by atoms with Crippen LogP contribution in [0.4, 0.5) is 5.69 Å². The Morgan fingerprint density at radius 1 is 0.510 bits per heavy atom. The zero-order valence-electron chi connectivity index (χ0n) is 26.2. The van der Waals surface area contributed by atoms with E-state index in [1.807, 2.05) is 0 Å². The molecule has 49 heavy (non-hydrogen) atoms. The second-order valence-electron chi connectivity index (χ2n) is 13.2. The van der Waals surface area contributed by atoms with Gasteiger partial charge in [-0.05, 0) is 35.9 Å². The lowest BCUT2D eigenvalue weighted by molar-refractivity contribution is 0.669. The summed E-state index contributed by atoms with van der Waals surface area (Å²) >= 11 is 0. The van der Waals surface area contributed by atoms with Gasteiger partial charge in [-0.15, -0.1) is 0 Å². The third-order valence-corrected chi connectivity index (χ3v) is 10.7. The Morgan fingerprint density at radius 2 is 1.22 bits per heavy atom. The van der Waals surface area contributed by atoms with Gasteiger partial charge in [0.15, 0.2) is 0 Å². The number of nitrogens with one attached hydrogen (secondary N) is 1. The molecule has 1 atom stereocenters. The molecule has 12 rings (SSSR count). The monoisotopic (exact) mass is 626 g/mol. The molecule has 0 spiro atoms. The van der Waals surface area contributed by atoms with Gasteiger partial charge in [-0.1, -0.05) is 109 Å². The van der Waals surface area contributed by atoms with E-state index in [-0.39, 0.29) is 6.04 Å². The fourth-order valence-corrected chi connectivity index (χ4v) is 8.77. The van der Waals surface area contributed by atoms with Crippen LogP contribution >= 0.6 is 0 Å². The van der Waals surface area contributed by atoms with Crippen molar-refractivity contribution in [3.05, 3.63) is 157 Å². The van der Waals surface area contributed by atoms with Gasteiger partial charge in [0.05, 0.1) is 39.3 Å². The van der Waals surface area contributed by atoms with Crippen molar-refractivity contribution in [3.8, 4) is 0 Å². The Labute approximate surface area is 279 Å². The molecule has 1 unspecified atom stereocenters. The third-order valence-electron chi connectivity index (χ3n) is 10.7. The Morgan fingerprint density at radius 3 is 2.16 bits per heavy atom. The van der Waals surface area contributed by atoms with Gasteiger partial charge in [0.1, 0.15) is 11.2 Å². The topological polar surface area (TPSA) is 46.9 Å². The molecule has 0 bridgehead atoms. The molecule has 0 radical (unpaired) electrons. The predicted molar refractivity (Wildman–Crippen MR) is 202 cm³/mol. The number of rotatable bonds is 1. The standard InChI is InChI=1S/C44H26N4O/c1-2-12-25(13-3-1)42-28-15-4-7-19-31(28)45-44(46-42)48-34-22-11-21-33-40(34)41-35(48)24-37-38(29-16-6-9-23-36(29)49-37)39(41)30-18-10-17-27-26-14-5-8-20-32(26)47(33)43(27)30/h1-24,42H,(H,45,46). The van der Waals surface area contributed by atoms with Gasteiger partial charge in [-0.3, -0.25) is 4.57 Å². The van der Waals surface area contributed by atoms with E-state index in [2.05, 4.69) is 160 Å². The summed E-state index contributed by atoms with van der Waals surface area (Å²) in [4.78, 5) is 5.34. The van der Waals surface area contributed by atoms with Gasteiger partial charge in [0.2, 0.25) is 5.96 Å². The normalized spacial score (nSPS) is 15.0. The van der Waals surface area contributed by atoms with E-state index in [9.17, 15) is 0 Å². The predicted octanol–water partition coefficient (Wildman–Crippen LogP) is 11.1. The first kappa shape index (κ1) is 25.5. The molecule has 5 nitrogen and oxygen atoms in total. The lowest BCUT2D eigenvalue weighted by Crippen LogP contribution is -2.36. The number of aromatic nitrogens is 2. The molecule has 228 valence electrons. The molecule has 5 heterocycles. The number of fused-ring (bicyclic) bond motifs is 10. The fourth-order valence-electron chi connectivity index (χ4n) is 8.77. The summed E-state index contributed by atoms with van der Waals surface area (Å²) in [6, 6.07) is 52.0. The number of nitrogens with zero attached hydrogens (tertiary/aromatic N) is 3. The molecule has 1 aliphatic heterocycles. The van der Waals surface area contributed by atoms with E-state index >= 15 is 0 Å². The molecule has 11 aromatic rings. The Hall–Kier alpha value is -6.59. The van der Waals surface area contributed by atoms with Crippen LogP contribution in [-0.2, 0) is 0 Å². The molecular formula is C44H26N4O. The first-order valence-corrected chi connectivity index (χ1v) is 16.8. The van der Waals surface area contributed by atoms with Crippen molar-refractivity contribution in [2.45, 2.75) is 6.04 Å². The highest BCUT2D eigenvalue weighted by molar-refractivity contribution is 6.39. The second-order valence-corrected chi connectivity index (χ2v) is 13.2. The first-order valence-electron chi connectivity index (χ1n) is 16.8. The molecule has 1 aliphatic rings. The van der Waals surface area contributed by atoms with Crippen LogP contribution in [0.2, 0.25) is 0 Å². The molecule has 4 aromatic heterocycles. The van der Waals surface area contributed by atoms with Crippen LogP contribution < -0.4 is 5.32 Å². The Kier molecular flexibility index (Phi) is 4.71. The zero-order valence-corrected chi connectivity index (χ0v) is 26.2. The number of hydrogen-bond acceptors (Lipinski definition) is 3. The smallest absolute Gasteiger partial charge is 0.209 e. The minimum Gasteiger partial charge on any atom is -0.456 e. The van der Waals surface area contributed by atoms with Gasteiger partial charge >= 0.3 is 0 Å². The second kappa shape index (κ2) is 9.06. The number of hydrogen-bond donors (Lipinski definition) is 1. The Balaban J connectivity index is 1.34. The van der Waals surface area contributed by atoms with Gasteiger partial charge in [-0.2, -0.15) is 0 Å². The van der Waals surface area contributed by atoms with Crippen LogP contribution in [0.3, 0.4) is 0 Å². The van der Waals surface area contributed by atoms with Gasteiger partial charge in [0, 0.05) is 54.7 Å². The number of benzene rings is 7. The maximum atomic E-state index is 6.71. The van der Waals surface area contributed by atoms with E-state index in [1.54, 1.807) is 0 Å². The summed E-state index contributed by atoms with van der Waals surface area (Å²) in [5.41, 5.74) is 10.8. The van der Waals surface area contributed by atoms with Gasteiger partial charge in [-0.25, -0.2) is 4.99 Å². The first-order chi connectivity index (χ1) is 24.3. The SMILES string of the molecule is c1ccc(C2NC(n3c4cc5oc6ccccc6c5c5c6cccc7c8ccccc8n(c8cccc3c8c54)c76)=Nc3ccccc32)cc1. The summed E-state index contributed by atoms with van der Waals surface area (Å²) in [6.07, 6.45) is 0. The van der Waals surface area contributed by atoms with Crippen LogP contribution in [0.25, 0.3) is 81.8 Å². The third kappa shape index (κ3) is 3.17. The zero-order chi connectivity index (χ0) is 31.8. The summed E-state index contributed by atoms with van der Waals surface area (Å²) in [5, 5.41) is 13.5. The number of aliphatic imine (C=N–C) groups is 1. The fraction of sp³-hybridized carbons (Fsp3) is 0.0227. The van der Waals surface area contributed by atoms with Crippen molar-refractivity contribution in [3.63, 3.8) is 0 Å². The minimum atomic E-state index is -0.0587. The van der Waals surface area contributed by atoms with Crippen molar-refractivity contribution in [2.75, 3.05) is 0 Å². The average Bonchev–Trinajstić information content (AvgIpc) is 3.78. The maximum Gasteiger partial charge on any atom is 0.209 e. The van der Waals surface area contributed by atoms with Gasteiger partial charge in [0.25, 0.3) is 0 Å². The van der Waals surface area contributed by atoms with Crippen molar-refractivity contribution in [2.24, 2.45) is 4.99 Å². The lowest BCUT2D eigenvalue weighted by Gasteiger charge is -2.28. The summed E-state index contributed by atoms with van der Waals surface area (Å²) in [7, 11) is 0. The highest BCUT2D eigenvalue weighted by atomic mass is 16.3. The summed E-state index contributed by atoms with van der Waals surface area (Å²) in [6.45, 7) is 0. The van der Waals surface area contributed by atoms with Crippen molar-refractivity contribution < 1.29 is 4.42 Å². The van der Waals surface area contributed by atoms with Crippen LogP contribution in [0, 0.1) is 0 Å². The van der Waals surface area contributed by atoms with Crippen LogP contribution in [0.15, 0.2) is 155 Å². The molecule has 0 amide bonds. The summed E-state index contributed by atoms with van der Waals surface area (Å²) < 4.78 is 11.5. The Bertz CT molecular complexity index is 3200. The van der Waals surface area contributed by atoms with E-state index in [4.69, 9.17) is 9.41 Å². The molecule has 0 aliphatic carbocycles. The van der Waals surface area contributed by atoms with Crippen molar-refractivity contribution in [1.82, 2.24) is 14.3 Å². The minimum absolute atomic E-state index is 0.0587. The van der Waals surface area contributed by atoms with Crippen molar-refractivity contribution >= 4 is 93.5 Å². The van der Waals surface area contributed by atoms with Crippen molar-refractivity contribution in [1.29, 1.82) is 0 Å². The number of furan rings is 1. The van der Waals surface area contributed by atoms with Gasteiger partial charge < -0.3 is 14.1 Å². The quantitative estimate of drug-likeness (QED) is 0.197. The maximum absolute atomic E-state index is 6.71. The molecular weight excluding hydrogens is 601 g/mol. The van der Waals surface area contributed by atoms with Crippen LogP contribution in [0.5, 0.6) is 0 Å². The van der Waals surface area contributed by atoms with E-state index < -0.39 is 0 Å². The largest absolute Gasteiger partial charge is 0.456 e. The molecule has 1 N–H and O–H groups in total. The molecule has 7 aromatic carbocycles. The van der Waals surface area contributed by atoms with E-state index in [0.29, 0.717) is 0 Å². The number of para-hydroxylation sites is 4. The summed E-state index contributed by atoms with van der Waals surface area (Å²) in [5.74, 6) is 0.794. The van der Waals surface area contributed by atoms with Crippen LogP contribution in [-0.4, -0.2) is 14.9 Å². The lowest BCUT2D eigenvalue weighted by atomic mass is 9.96. The van der Waals surface area contributed by atoms with E-state index in [0.717, 1.165) is 50.2 Å².